The van der Waals surface area contributed by atoms with Crippen LogP contribution in [0.1, 0.15) is 6.42 Å². The van der Waals surface area contributed by atoms with Gasteiger partial charge in [-0.05, 0) is 51.3 Å². The molecule has 166 valence electrons. The van der Waals surface area contributed by atoms with Gasteiger partial charge in [0, 0.05) is 23.7 Å². The molecule has 0 bridgehead atoms. The van der Waals surface area contributed by atoms with Crippen LogP contribution in [0.2, 0.25) is 5.02 Å². The second-order valence-electron chi connectivity index (χ2n) is 7.11. The molecule has 0 unspecified atom stereocenters. The number of anilines is 1. The molecule has 0 saturated heterocycles. The number of hydrogen-bond acceptors (Lipinski definition) is 7. The summed E-state index contributed by atoms with van der Waals surface area (Å²) in [6, 6.07) is 10.7. The van der Waals surface area contributed by atoms with Crippen LogP contribution in [-0.4, -0.2) is 56.4 Å². The lowest BCUT2D eigenvalue weighted by Gasteiger charge is -2.21. The molecule has 3 aromatic rings. The van der Waals surface area contributed by atoms with Gasteiger partial charge in [0.25, 0.3) is 5.91 Å². The summed E-state index contributed by atoms with van der Waals surface area (Å²) in [5.41, 5.74) is 0.781. The highest BCUT2D eigenvalue weighted by molar-refractivity contribution is 7.22. The van der Waals surface area contributed by atoms with E-state index in [0.29, 0.717) is 33.9 Å². The van der Waals surface area contributed by atoms with Crippen LogP contribution in [0, 0.1) is 0 Å². The number of ether oxygens (including phenoxy) is 3. The molecular formula is C21H22Cl2N3O4S-. The predicted molar refractivity (Wildman–Crippen MR) is 118 cm³/mol. The van der Waals surface area contributed by atoms with Crippen molar-refractivity contribution in [2.24, 2.45) is 0 Å². The van der Waals surface area contributed by atoms with Crippen LogP contribution in [0.25, 0.3) is 10.2 Å². The summed E-state index contributed by atoms with van der Waals surface area (Å²) in [6.45, 7) is 1.55. The van der Waals surface area contributed by atoms with E-state index in [1.54, 1.807) is 29.2 Å². The van der Waals surface area contributed by atoms with Gasteiger partial charge < -0.3 is 31.5 Å². The Morgan fingerprint density at radius 3 is 2.58 bits per heavy atom. The number of aromatic nitrogens is 1. The first-order chi connectivity index (χ1) is 14.5. The van der Waals surface area contributed by atoms with Crippen molar-refractivity contribution in [3.63, 3.8) is 0 Å². The van der Waals surface area contributed by atoms with Crippen molar-refractivity contribution < 1.29 is 31.4 Å². The smallest absolute Gasteiger partial charge is 0.266 e. The third-order valence-corrected chi connectivity index (χ3v) is 5.86. The van der Waals surface area contributed by atoms with Crippen molar-refractivity contribution in [3.8, 4) is 17.2 Å². The maximum absolute atomic E-state index is 13.0. The van der Waals surface area contributed by atoms with E-state index in [0.717, 1.165) is 23.2 Å². The minimum absolute atomic E-state index is 0. The van der Waals surface area contributed by atoms with Crippen LogP contribution in [0.3, 0.4) is 0 Å². The highest BCUT2D eigenvalue weighted by Crippen LogP contribution is 2.39. The molecule has 10 heteroatoms. The number of halogens is 2. The molecule has 0 saturated carbocycles. The Morgan fingerprint density at radius 1 is 1.16 bits per heavy atom. The summed E-state index contributed by atoms with van der Waals surface area (Å²) in [7, 11) is 4.02. The van der Waals surface area contributed by atoms with Gasteiger partial charge in [0.1, 0.15) is 5.75 Å². The second kappa shape index (κ2) is 10.4. The van der Waals surface area contributed by atoms with Crippen molar-refractivity contribution in [2.75, 3.05) is 45.5 Å². The molecule has 2 aromatic carbocycles. The second-order valence-corrected chi connectivity index (χ2v) is 8.56. The minimum Gasteiger partial charge on any atom is -1.00 e. The number of carbonyl (C=O) groups excluding carboxylic acids is 1. The van der Waals surface area contributed by atoms with Crippen molar-refractivity contribution in [3.05, 3.63) is 41.4 Å². The van der Waals surface area contributed by atoms with Gasteiger partial charge in [0.15, 0.2) is 23.2 Å². The first kappa shape index (κ1) is 23.4. The Labute approximate surface area is 195 Å². The molecular weight excluding hydrogens is 461 g/mol. The number of nitrogens with zero attached hydrogens (tertiary/aromatic N) is 3. The zero-order valence-corrected chi connectivity index (χ0v) is 19.5. The zero-order chi connectivity index (χ0) is 21.1. The van der Waals surface area contributed by atoms with Crippen LogP contribution in [0.4, 0.5) is 5.13 Å². The fraction of sp³-hybridized carbons (Fsp3) is 0.333. The fourth-order valence-electron chi connectivity index (χ4n) is 3.05. The first-order valence-electron chi connectivity index (χ1n) is 9.53. The summed E-state index contributed by atoms with van der Waals surface area (Å²) < 4.78 is 17.5. The molecule has 4 rings (SSSR count). The van der Waals surface area contributed by atoms with E-state index in [2.05, 4.69) is 9.88 Å². The average molecular weight is 483 g/mol. The topological polar surface area (TPSA) is 64.1 Å². The monoisotopic (exact) mass is 482 g/mol. The van der Waals surface area contributed by atoms with Crippen LogP contribution < -0.4 is 31.5 Å². The predicted octanol–water partition coefficient (Wildman–Crippen LogP) is 1.05. The van der Waals surface area contributed by atoms with Crippen LogP contribution in [-0.2, 0) is 4.79 Å². The maximum atomic E-state index is 13.0. The van der Waals surface area contributed by atoms with Gasteiger partial charge in [-0.25, -0.2) is 4.98 Å². The maximum Gasteiger partial charge on any atom is 0.266 e. The molecule has 2 heterocycles. The number of benzene rings is 2. The molecule has 1 amide bonds. The highest BCUT2D eigenvalue weighted by Gasteiger charge is 2.22. The standard InChI is InChI=1S/C21H22ClN3O4S.ClH/c1-24(2)8-3-9-25(20(26)12-27-15-6-4-14(22)5-7-15)21-23-16-10-17-18(29-13-28-17)11-19(16)30-21;/h4-7,10-11H,3,8-9,12-13H2,1-2H3;1H/p-1. The van der Waals surface area contributed by atoms with Gasteiger partial charge in [0.05, 0.1) is 10.2 Å². The molecule has 1 aliphatic rings. The SMILES string of the molecule is CN(C)CCCN(C(=O)COc1ccc(Cl)cc1)c1nc2cc3c(cc2s1)OCO3.[Cl-]. The Hall–Kier alpha value is -2.26. The van der Waals surface area contributed by atoms with Gasteiger partial charge in [0.2, 0.25) is 6.79 Å². The summed E-state index contributed by atoms with van der Waals surface area (Å²) >= 11 is 7.36. The van der Waals surface area contributed by atoms with Crippen molar-refractivity contribution in [1.29, 1.82) is 0 Å². The highest BCUT2D eigenvalue weighted by atomic mass is 35.5. The van der Waals surface area contributed by atoms with E-state index in [1.807, 2.05) is 26.2 Å². The largest absolute Gasteiger partial charge is 1.00 e. The molecule has 0 spiro atoms. The minimum atomic E-state index is -0.150. The summed E-state index contributed by atoms with van der Waals surface area (Å²) in [5, 5.41) is 1.26. The third kappa shape index (κ3) is 5.71. The normalized spacial score (nSPS) is 12.1. The quantitative estimate of drug-likeness (QED) is 0.478. The number of carbonyl (C=O) groups is 1. The summed E-state index contributed by atoms with van der Waals surface area (Å²) in [5.74, 6) is 1.82. The molecule has 7 nitrogen and oxygen atoms in total. The van der Waals surface area contributed by atoms with Crippen molar-refractivity contribution in [1.82, 2.24) is 9.88 Å². The molecule has 0 radical (unpaired) electrons. The third-order valence-electron chi connectivity index (χ3n) is 4.57. The molecule has 0 fully saturated rings. The molecule has 0 atom stereocenters. The van der Waals surface area contributed by atoms with E-state index in [4.69, 9.17) is 25.8 Å². The van der Waals surface area contributed by atoms with E-state index < -0.39 is 0 Å². The lowest BCUT2D eigenvalue weighted by molar-refractivity contribution is -0.120. The Bertz CT molecular complexity index is 1000. The van der Waals surface area contributed by atoms with Gasteiger partial charge in [-0.2, -0.15) is 0 Å². The molecule has 1 aromatic heterocycles. The number of amides is 1. The molecule has 1 aliphatic heterocycles. The van der Waals surface area contributed by atoms with Gasteiger partial charge in [-0.3, -0.25) is 9.69 Å². The number of thiazole rings is 1. The molecule has 31 heavy (non-hydrogen) atoms. The van der Waals surface area contributed by atoms with Gasteiger partial charge >= 0.3 is 0 Å². The van der Waals surface area contributed by atoms with E-state index >= 15 is 0 Å². The van der Waals surface area contributed by atoms with Crippen LogP contribution in [0.5, 0.6) is 17.2 Å². The van der Waals surface area contributed by atoms with Crippen LogP contribution >= 0.6 is 22.9 Å². The van der Waals surface area contributed by atoms with Gasteiger partial charge in [-0.1, -0.05) is 22.9 Å². The lowest BCUT2D eigenvalue weighted by atomic mass is 10.3. The fourth-order valence-corrected chi connectivity index (χ4v) is 4.19. The first-order valence-corrected chi connectivity index (χ1v) is 10.7. The average Bonchev–Trinajstić information content (AvgIpc) is 3.34. The Kier molecular flexibility index (Phi) is 7.83. The van der Waals surface area contributed by atoms with Crippen molar-refractivity contribution in [2.45, 2.75) is 6.42 Å². The van der Waals surface area contributed by atoms with Crippen molar-refractivity contribution >= 4 is 44.2 Å². The van der Waals surface area contributed by atoms with E-state index in [-0.39, 0.29) is 31.7 Å². The Balaban J connectivity index is 0.00000272. The number of fused-ring (bicyclic) bond motifs is 2. The van der Waals surface area contributed by atoms with E-state index in [1.165, 1.54) is 11.3 Å². The molecule has 0 aliphatic carbocycles. The van der Waals surface area contributed by atoms with Crippen LogP contribution in [0.15, 0.2) is 36.4 Å². The summed E-state index contributed by atoms with van der Waals surface area (Å²) in [4.78, 5) is 21.5. The Morgan fingerprint density at radius 2 is 1.87 bits per heavy atom. The number of hydrogen-bond donors (Lipinski definition) is 0. The molecule has 0 N–H and O–H groups in total. The summed E-state index contributed by atoms with van der Waals surface area (Å²) in [6.07, 6.45) is 0.818. The zero-order valence-electron chi connectivity index (χ0n) is 17.1. The van der Waals surface area contributed by atoms with E-state index in [9.17, 15) is 4.79 Å². The van der Waals surface area contributed by atoms with Gasteiger partial charge in [-0.15, -0.1) is 0 Å². The lowest BCUT2D eigenvalue weighted by Crippen LogP contribution is -3.00. The number of rotatable bonds is 8.